The molecule has 2 N–H and O–H groups in total. The summed E-state index contributed by atoms with van der Waals surface area (Å²) >= 11 is 0. The van der Waals surface area contributed by atoms with Crippen molar-refractivity contribution in [1.29, 1.82) is 0 Å². The highest BCUT2D eigenvalue weighted by Crippen LogP contribution is 2.15. The average molecular weight is 307 g/mol. The van der Waals surface area contributed by atoms with Crippen molar-refractivity contribution in [3.63, 3.8) is 0 Å². The van der Waals surface area contributed by atoms with E-state index < -0.39 is 24.0 Å². The van der Waals surface area contributed by atoms with Crippen LogP contribution in [0.4, 0.5) is 0 Å². The minimum atomic E-state index is -1.07. The normalized spacial score (nSPS) is 13.0. The Hall–Kier alpha value is -2.37. The Bertz CT molecular complexity index is 555. The Morgan fingerprint density at radius 3 is 2.55 bits per heavy atom. The van der Waals surface area contributed by atoms with Crippen molar-refractivity contribution >= 4 is 17.7 Å². The number of rotatable bonds is 8. The zero-order valence-electron chi connectivity index (χ0n) is 13.0. The molecule has 0 fully saturated rings. The number of carbonyl (C=O) groups is 3. The van der Waals surface area contributed by atoms with Crippen molar-refractivity contribution in [2.24, 2.45) is 0 Å². The van der Waals surface area contributed by atoms with Gasteiger partial charge in [-0.1, -0.05) is 25.5 Å². The van der Waals surface area contributed by atoms with Crippen molar-refractivity contribution in [3.8, 4) is 5.75 Å². The van der Waals surface area contributed by atoms with Crippen LogP contribution >= 0.6 is 0 Å². The van der Waals surface area contributed by atoms with Crippen LogP contribution < -0.4 is 10.1 Å². The minimum absolute atomic E-state index is 0.101. The molecular weight excluding hydrogens is 286 g/mol. The number of amides is 1. The lowest BCUT2D eigenvalue weighted by Gasteiger charge is -2.18. The molecule has 6 nitrogen and oxygen atoms in total. The molecule has 0 spiro atoms. The lowest BCUT2D eigenvalue weighted by atomic mass is 10.1. The molecule has 0 radical (unpaired) electrons. The van der Waals surface area contributed by atoms with Gasteiger partial charge in [0.25, 0.3) is 5.91 Å². The third-order valence-electron chi connectivity index (χ3n) is 3.11. The number of Topliss-reactive ketones (excluding diaryl/α,β-unsaturated/α-hetero) is 1. The molecule has 0 heterocycles. The number of hydrogen-bond donors (Lipinski definition) is 2. The van der Waals surface area contributed by atoms with Crippen LogP contribution in [0.1, 0.15) is 44.0 Å². The fraction of sp³-hybridized carbons (Fsp3) is 0.438. The predicted octanol–water partition coefficient (Wildman–Crippen LogP) is 2.03. The standard InChI is InChI=1S/C16H21NO5/c1-4-6-14(16(20)21)17-15(19)11(3)22-13-8-5-7-12(9-13)10(2)18/h5,7-9,11,14H,4,6H2,1-3H3,(H,17,19)(H,20,21). The summed E-state index contributed by atoms with van der Waals surface area (Å²) in [5.74, 6) is -1.29. The molecule has 120 valence electrons. The molecule has 0 bridgehead atoms. The molecule has 0 aliphatic carbocycles. The van der Waals surface area contributed by atoms with Gasteiger partial charge in [-0.2, -0.15) is 0 Å². The van der Waals surface area contributed by atoms with Gasteiger partial charge in [0.1, 0.15) is 11.8 Å². The van der Waals surface area contributed by atoms with Crippen molar-refractivity contribution in [2.75, 3.05) is 0 Å². The maximum Gasteiger partial charge on any atom is 0.326 e. The van der Waals surface area contributed by atoms with Crippen LogP contribution in [0, 0.1) is 0 Å². The van der Waals surface area contributed by atoms with E-state index in [0.717, 1.165) is 0 Å². The summed E-state index contributed by atoms with van der Waals surface area (Å²) in [5.41, 5.74) is 0.486. The van der Waals surface area contributed by atoms with E-state index in [1.807, 2.05) is 6.92 Å². The molecule has 1 aromatic carbocycles. The van der Waals surface area contributed by atoms with Gasteiger partial charge in [-0.15, -0.1) is 0 Å². The zero-order chi connectivity index (χ0) is 16.7. The molecule has 0 aromatic heterocycles. The number of aliphatic carboxylic acids is 1. The maximum absolute atomic E-state index is 12.0. The van der Waals surface area contributed by atoms with Crippen LogP contribution in [0.2, 0.25) is 0 Å². The lowest BCUT2D eigenvalue weighted by molar-refractivity contribution is -0.143. The van der Waals surface area contributed by atoms with Crippen molar-refractivity contribution in [1.82, 2.24) is 5.32 Å². The van der Waals surface area contributed by atoms with Gasteiger partial charge in [0.2, 0.25) is 0 Å². The highest BCUT2D eigenvalue weighted by atomic mass is 16.5. The Balaban J connectivity index is 2.69. The number of carboxylic acids is 1. The Morgan fingerprint density at radius 2 is 2.00 bits per heavy atom. The number of carbonyl (C=O) groups excluding carboxylic acids is 2. The topological polar surface area (TPSA) is 92.7 Å². The summed E-state index contributed by atoms with van der Waals surface area (Å²) < 4.78 is 5.47. The van der Waals surface area contributed by atoms with Gasteiger partial charge in [-0.05, 0) is 32.4 Å². The number of ether oxygens (including phenoxy) is 1. The second kappa shape index (κ2) is 8.17. The van der Waals surface area contributed by atoms with E-state index in [4.69, 9.17) is 9.84 Å². The van der Waals surface area contributed by atoms with E-state index in [-0.39, 0.29) is 5.78 Å². The molecule has 2 unspecified atom stereocenters. The molecule has 6 heteroatoms. The molecule has 1 aromatic rings. The van der Waals surface area contributed by atoms with Crippen LogP contribution in [0.25, 0.3) is 0 Å². The zero-order valence-corrected chi connectivity index (χ0v) is 13.0. The van der Waals surface area contributed by atoms with E-state index in [1.54, 1.807) is 24.3 Å². The first-order valence-electron chi connectivity index (χ1n) is 7.16. The first kappa shape index (κ1) is 17.7. The molecule has 0 aliphatic rings. The Kier molecular flexibility index (Phi) is 6.56. The summed E-state index contributed by atoms with van der Waals surface area (Å²) in [6.07, 6.45) is 0.140. The Morgan fingerprint density at radius 1 is 1.32 bits per heavy atom. The summed E-state index contributed by atoms with van der Waals surface area (Å²) in [5, 5.41) is 11.5. The molecule has 0 saturated heterocycles. The predicted molar refractivity (Wildman–Crippen MR) is 81.0 cm³/mol. The van der Waals surface area contributed by atoms with Gasteiger partial charge < -0.3 is 15.2 Å². The molecule has 22 heavy (non-hydrogen) atoms. The highest BCUT2D eigenvalue weighted by Gasteiger charge is 2.23. The number of nitrogens with one attached hydrogen (secondary N) is 1. The van der Waals surface area contributed by atoms with Crippen LogP contribution in [0.3, 0.4) is 0 Å². The quantitative estimate of drug-likeness (QED) is 0.717. The number of ketones is 1. The minimum Gasteiger partial charge on any atom is -0.481 e. The van der Waals surface area contributed by atoms with E-state index in [2.05, 4.69) is 5.32 Å². The second-order valence-corrected chi connectivity index (χ2v) is 5.03. The van der Waals surface area contributed by atoms with Gasteiger partial charge in [-0.3, -0.25) is 9.59 Å². The third kappa shape index (κ3) is 5.20. The van der Waals surface area contributed by atoms with E-state index in [1.165, 1.54) is 13.8 Å². The van der Waals surface area contributed by atoms with E-state index in [9.17, 15) is 14.4 Å². The Labute approximate surface area is 129 Å². The monoisotopic (exact) mass is 307 g/mol. The highest BCUT2D eigenvalue weighted by molar-refractivity contribution is 5.94. The van der Waals surface area contributed by atoms with Gasteiger partial charge in [0, 0.05) is 5.56 Å². The molecule has 0 saturated carbocycles. The van der Waals surface area contributed by atoms with Crippen molar-refractivity contribution < 1.29 is 24.2 Å². The first-order chi connectivity index (χ1) is 10.3. The SMILES string of the molecule is CCCC(NC(=O)C(C)Oc1cccc(C(C)=O)c1)C(=O)O. The van der Waals surface area contributed by atoms with Crippen LogP contribution in [-0.2, 0) is 9.59 Å². The summed E-state index contributed by atoms with van der Waals surface area (Å²) in [4.78, 5) is 34.3. The maximum atomic E-state index is 12.0. The number of benzene rings is 1. The van der Waals surface area contributed by atoms with Gasteiger partial charge in [-0.25, -0.2) is 4.79 Å². The van der Waals surface area contributed by atoms with Gasteiger partial charge in [0.15, 0.2) is 11.9 Å². The first-order valence-corrected chi connectivity index (χ1v) is 7.16. The summed E-state index contributed by atoms with van der Waals surface area (Å²) in [7, 11) is 0. The molecule has 2 atom stereocenters. The fourth-order valence-corrected chi connectivity index (χ4v) is 1.88. The van der Waals surface area contributed by atoms with Crippen LogP contribution in [0.15, 0.2) is 24.3 Å². The van der Waals surface area contributed by atoms with E-state index in [0.29, 0.717) is 24.2 Å². The molecule has 1 amide bonds. The largest absolute Gasteiger partial charge is 0.481 e. The molecule has 0 aliphatic heterocycles. The summed E-state index contributed by atoms with van der Waals surface area (Å²) in [6, 6.07) is 5.58. The number of hydrogen-bond acceptors (Lipinski definition) is 4. The lowest BCUT2D eigenvalue weighted by Crippen LogP contribution is -2.46. The van der Waals surface area contributed by atoms with Crippen LogP contribution in [0.5, 0.6) is 5.75 Å². The van der Waals surface area contributed by atoms with Gasteiger partial charge in [0.05, 0.1) is 0 Å². The fourth-order valence-electron chi connectivity index (χ4n) is 1.88. The number of carboxylic acid groups (broad SMARTS) is 1. The van der Waals surface area contributed by atoms with E-state index >= 15 is 0 Å². The van der Waals surface area contributed by atoms with Gasteiger partial charge >= 0.3 is 5.97 Å². The molecular formula is C16H21NO5. The van der Waals surface area contributed by atoms with Crippen molar-refractivity contribution in [2.45, 2.75) is 45.8 Å². The average Bonchev–Trinajstić information content (AvgIpc) is 2.46. The summed E-state index contributed by atoms with van der Waals surface area (Å²) in [6.45, 7) is 4.81. The third-order valence-corrected chi connectivity index (χ3v) is 3.11. The second-order valence-electron chi connectivity index (χ2n) is 5.03. The van der Waals surface area contributed by atoms with Crippen molar-refractivity contribution in [3.05, 3.63) is 29.8 Å². The van der Waals surface area contributed by atoms with Crippen LogP contribution in [-0.4, -0.2) is 34.9 Å². The smallest absolute Gasteiger partial charge is 0.326 e. The molecule has 1 rings (SSSR count).